The number of halogens is 4. The van der Waals surface area contributed by atoms with Crippen molar-refractivity contribution in [1.82, 2.24) is 0 Å². The van der Waals surface area contributed by atoms with Crippen molar-refractivity contribution in [1.29, 1.82) is 0 Å². The monoisotopic (exact) mass is 423 g/mol. The van der Waals surface area contributed by atoms with Crippen molar-refractivity contribution in [2.75, 3.05) is 7.11 Å². The zero-order valence-electron chi connectivity index (χ0n) is 11.1. The first-order chi connectivity index (χ1) is 9.66. The van der Waals surface area contributed by atoms with E-state index >= 15 is 0 Å². The van der Waals surface area contributed by atoms with Crippen LogP contribution in [-0.2, 0) is 9.53 Å². The number of carbonyl (C=O) groups excluding carboxylic acids is 1. The maximum absolute atomic E-state index is 13.0. The Morgan fingerprint density at radius 2 is 2.05 bits per heavy atom. The molecule has 0 aromatic heterocycles. The maximum atomic E-state index is 13.0. The molecule has 0 aliphatic rings. The van der Waals surface area contributed by atoms with Gasteiger partial charge in [-0.1, -0.05) is 0 Å². The van der Waals surface area contributed by atoms with Gasteiger partial charge in [-0.2, -0.15) is 0 Å². The second kappa shape index (κ2) is 7.35. The van der Waals surface area contributed by atoms with Crippen molar-refractivity contribution in [2.45, 2.75) is 12.6 Å². The molecule has 0 unspecified atom stereocenters. The molecule has 0 amide bonds. The van der Waals surface area contributed by atoms with Gasteiger partial charge in [-0.05, 0) is 0 Å². The molecule has 0 saturated carbocycles. The third kappa shape index (κ3) is 5.07. The molecule has 0 heterocycles. The molecule has 1 aromatic rings. The summed E-state index contributed by atoms with van der Waals surface area (Å²) in [7, 11) is 1.15. The van der Waals surface area contributed by atoms with E-state index < -0.39 is 15.7 Å². The summed E-state index contributed by atoms with van der Waals surface area (Å²) in [6, 6.07) is 6.06. The van der Waals surface area contributed by atoms with Crippen molar-refractivity contribution in [3.63, 3.8) is 0 Å². The number of ether oxygens (including phenoxy) is 1. The van der Waals surface area contributed by atoms with Gasteiger partial charge in [-0.25, -0.2) is 0 Å². The third-order valence-corrected chi connectivity index (χ3v) is 4.53. The number of benzene rings is 1. The molecule has 1 rings (SSSR count). The molecule has 7 heteroatoms. The molecule has 0 spiro atoms. The standard InChI is InChI=1S/C14H11ClF3O2.Sn/c1-9(13(19)20-2)6-11(8-14(16,17)18)10-4-3-5-12(15)7-10;/h3-5,7H,1,6H2,2H3;/q;+1. The molecule has 0 bridgehead atoms. The number of carbonyl (C=O) groups is 1. The zero-order chi connectivity index (χ0) is 16.2. The molecular formula is C14H11ClF3O2Sn+. The van der Waals surface area contributed by atoms with E-state index in [9.17, 15) is 18.0 Å². The summed E-state index contributed by atoms with van der Waals surface area (Å²) in [4.78, 5) is 11.4. The Balaban J connectivity index is 3.32. The van der Waals surface area contributed by atoms with Crippen LogP contribution in [0.4, 0.5) is 13.2 Å². The quantitative estimate of drug-likeness (QED) is 0.418. The van der Waals surface area contributed by atoms with Crippen LogP contribution in [0.1, 0.15) is 12.0 Å². The fourth-order valence-corrected chi connectivity index (χ4v) is 2.47. The molecule has 0 N–H and O–H groups in total. The van der Waals surface area contributed by atoms with Gasteiger partial charge in [0.1, 0.15) is 0 Å². The molecule has 0 atom stereocenters. The molecule has 21 heavy (non-hydrogen) atoms. The van der Waals surface area contributed by atoms with Gasteiger partial charge < -0.3 is 0 Å². The fraction of sp³-hybridized carbons (Fsp3) is 0.214. The van der Waals surface area contributed by atoms with Crippen molar-refractivity contribution in [3.05, 3.63) is 50.6 Å². The van der Waals surface area contributed by atoms with E-state index in [-0.39, 0.29) is 40.1 Å². The van der Waals surface area contributed by atoms with Crippen LogP contribution in [0.5, 0.6) is 0 Å². The van der Waals surface area contributed by atoms with Crippen LogP contribution in [0.15, 0.2) is 40.0 Å². The number of hydrogen-bond donors (Lipinski definition) is 0. The number of esters is 1. The summed E-state index contributed by atoms with van der Waals surface area (Å²) in [5.41, 5.74) is 0.256. The molecule has 110 valence electrons. The first-order valence-corrected chi connectivity index (χ1v) is 7.51. The Hall–Kier alpha value is -0.951. The average Bonchev–Trinajstić information content (AvgIpc) is 2.41. The van der Waals surface area contributed by atoms with Gasteiger partial charge in [0.05, 0.1) is 0 Å². The van der Waals surface area contributed by atoms with Gasteiger partial charge in [0.15, 0.2) is 0 Å². The molecule has 1 aromatic carbocycles. The Kier molecular flexibility index (Phi) is 6.34. The average molecular weight is 422 g/mol. The minimum absolute atomic E-state index is 0.0152. The Morgan fingerprint density at radius 1 is 1.43 bits per heavy atom. The molecule has 0 aliphatic carbocycles. The van der Waals surface area contributed by atoms with E-state index in [1.807, 2.05) is 0 Å². The van der Waals surface area contributed by atoms with E-state index in [0.29, 0.717) is 10.6 Å². The summed E-state index contributed by atoms with van der Waals surface area (Å²) in [6.07, 6.45) is -4.71. The summed E-state index contributed by atoms with van der Waals surface area (Å²) < 4.78 is 42.8. The minimum atomic E-state index is -4.47. The molecule has 2 radical (unpaired) electrons. The van der Waals surface area contributed by atoms with Crippen LogP contribution in [0, 0.1) is 0 Å². The van der Waals surface area contributed by atoms with E-state index in [2.05, 4.69) is 11.3 Å². The summed E-state index contributed by atoms with van der Waals surface area (Å²) in [5.74, 6) is -0.736. The second-order valence-electron chi connectivity index (χ2n) is 4.13. The second-order valence-corrected chi connectivity index (χ2v) is 6.00. The first-order valence-electron chi connectivity index (χ1n) is 5.70. The van der Waals surface area contributed by atoms with Gasteiger partial charge in [0.25, 0.3) is 0 Å². The molecular weight excluding hydrogens is 411 g/mol. The predicted octanol–water partition coefficient (Wildman–Crippen LogP) is 3.90. The molecule has 0 aliphatic heterocycles. The fourth-order valence-electron chi connectivity index (χ4n) is 1.61. The summed E-state index contributed by atoms with van der Waals surface area (Å²) >= 11 is 6.02. The SMILES string of the molecule is C=C(C/C(=[C](/[Sn+])C(F)(F)F)c1cccc(Cl)c1)C(=O)OC. The van der Waals surface area contributed by atoms with Crippen LogP contribution < -0.4 is 0 Å². The molecule has 0 saturated heterocycles. The number of hydrogen-bond acceptors (Lipinski definition) is 2. The van der Waals surface area contributed by atoms with Crippen molar-refractivity contribution >= 4 is 45.7 Å². The Morgan fingerprint density at radius 3 is 2.52 bits per heavy atom. The molecule has 0 fully saturated rings. The summed E-state index contributed by atoms with van der Waals surface area (Å²) in [5, 5.41) is 0.319. The van der Waals surface area contributed by atoms with E-state index in [0.717, 1.165) is 7.11 Å². The van der Waals surface area contributed by atoms with Crippen LogP contribution in [0.3, 0.4) is 0 Å². The van der Waals surface area contributed by atoms with Crippen LogP contribution >= 0.6 is 11.6 Å². The Labute approximate surface area is 138 Å². The van der Waals surface area contributed by atoms with Crippen LogP contribution in [-0.4, -0.2) is 41.8 Å². The topological polar surface area (TPSA) is 26.3 Å². The first kappa shape index (κ1) is 18.1. The van der Waals surface area contributed by atoms with Gasteiger partial charge in [-0.3, -0.25) is 0 Å². The van der Waals surface area contributed by atoms with Gasteiger partial charge >= 0.3 is 139 Å². The van der Waals surface area contributed by atoms with Crippen molar-refractivity contribution in [2.24, 2.45) is 0 Å². The summed E-state index contributed by atoms with van der Waals surface area (Å²) in [6.45, 7) is 3.48. The number of alkyl halides is 3. The van der Waals surface area contributed by atoms with E-state index in [4.69, 9.17) is 11.6 Å². The van der Waals surface area contributed by atoms with Crippen molar-refractivity contribution < 1.29 is 22.7 Å². The predicted molar refractivity (Wildman–Crippen MR) is 76.0 cm³/mol. The Bertz CT molecular complexity index is 594. The van der Waals surface area contributed by atoms with Gasteiger partial charge in [0, 0.05) is 0 Å². The number of allylic oxidation sites excluding steroid dienone is 2. The van der Waals surface area contributed by atoms with Crippen LogP contribution in [0.2, 0.25) is 5.02 Å². The number of methoxy groups -OCH3 is 1. The molecule has 2 nitrogen and oxygen atoms in total. The normalized spacial score (nSPS) is 12.6. The van der Waals surface area contributed by atoms with E-state index in [1.54, 1.807) is 12.1 Å². The van der Waals surface area contributed by atoms with Crippen molar-refractivity contribution in [3.8, 4) is 0 Å². The zero-order valence-corrected chi connectivity index (χ0v) is 14.7. The van der Waals surface area contributed by atoms with E-state index in [1.165, 1.54) is 12.1 Å². The van der Waals surface area contributed by atoms with Gasteiger partial charge in [-0.15, -0.1) is 0 Å². The number of rotatable bonds is 4. The third-order valence-electron chi connectivity index (χ3n) is 2.62. The van der Waals surface area contributed by atoms with Crippen LogP contribution in [0.25, 0.3) is 5.57 Å². The van der Waals surface area contributed by atoms with Gasteiger partial charge in [0.2, 0.25) is 0 Å².